The highest BCUT2D eigenvalue weighted by Gasteiger charge is 2.25. The second kappa shape index (κ2) is 6.22. The molecule has 1 heterocycles. The first-order valence-corrected chi connectivity index (χ1v) is 7.39. The molecule has 0 spiro atoms. The van der Waals surface area contributed by atoms with E-state index in [1.165, 1.54) is 32.1 Å². The molecule has 19 heavy (non-hydrogen) atoms. The first-order chi connectivity index (χ1) is 9.17. The van der Waals surface area contributed by atoms with Crippen LogP contribution in [0.2, 0.25) is 0 Å². The summed E-state index contributed by atoms with van der Waals surface area (Å²) in [7, 11) is 4.08. The Balaban J connectivity index is 2.10. The Morgan fingerprint density at radius 3 is 2.53 bits per heavy atom. The molecule has 0 radical (unpaired) electrons. The minimum Gasteiger partial charge on any atom is -0.373 e. The second-order valence-electron chi connectivity index (χ2n) is 5.61. The lowest BCUT2D eigenvalue weighted by atomic mass is 9.84. The van der Waals surface area contributed by atoms with Gasteiger partial charge in [-0.3, -0.25) is 0 Å². The zero-order valence-corrected chi connectivity index (χ0v) is 12.6. The van der Waals surface area contributed by atoms with Crippen LogP contribution in [-0.2, 0) is 0 Å². The molecule has 1 aliphatic carbocycles. The highest BCUT2D eigenvalue weighted by Crippen LogP contribution is 2.32. The van der Waals surface area contributed by atoms with Crippen LogP contribution in [0, 0.1) is 12.8 Å². The lowest BCUT2D eigenvalue weighted by Crippen LogP contribution is -2.36. The number of anilines is 2. The van der Waals surface area contributed by atoms with Gasteiger partial charge in [-0.15, -0.1) is 0 Å². The van der Waals surface area contributed by atoms with Crippen LogP contribution in [0.3, 0.4) is 0 Å². The van der Waals surface area contributed by atoms with E-state index in [0.717, 1.165) is 23.1 Å². The lowest BCUT2D eigenvalue weighted by molar-refractivity contribution is 0.312. The number of nitrogens with zero attached hydrogens (tertiary/aromatic N) is 3. The highest BCUT2D eigenvalue weighted by molar-refractivity contribution is 5.57. The van der Waals surface area contributed by atoms with E-state index in [-0.39, 0.29) is 0 Å². The molecule has 4 heteroatoms. The zero-order valence-electron chi connectivity index (χ0n) is 12.6. The molecule has 2 rings (SSSR count). The van der Waals surface area contributed by atoms with Gasteiger partial charge in [0, 0.05) is 25.7 Å². The summed E-state index contributed by atoms with van der Waals surface area (Å²) in [4.78, 5) is 11.1. The minimum atomic E-state index is 0.626. The van der Waals surface area contributed by atoms with Crippen LogP contribution in [0.15, 0.2) is 6.33 Å². The highest BCUT2D eigenvalue weighted by atomic mass is 15.2. The normalized spacial score (nSPS) is 23.2. The average molecular weight is 262 g/mol. The van der Waals surface area contributed by atoms with Gasteiger partial charge in [0.05, 0.1) is 0 Å². The number of rotatable bonds is 4. The molecule has 1 saturated carbocycles. The molecular formula is C15H26N4. The molecule has 1 N–H and O–H groups in total. The molecule has 0 atom stereocenters. The van der Waals surface area contributed by atoms with E-state index in [0.29, 0.717) is 6.04 Å². The van der Waals surface area contributed by atoms with Gasteiger partial charge < -0.3 is 10.2 Å². The summed E-state index contributed by atoms with van der Waals surface area (Å²) in [6.45, 7) is 4.40. The van der Waals surface area contributed by atoms with Crippen LogP contribution in [0.4, 0.5) is 11.6 Å². The summed E-state index contributed by atoms with van der Waals surface area (Å²) in [5, 5.41) is 3.13. The molecule has 0 unspecified atom stereocenters. The lowest BCUT2D eigenvalue weighted by Gasteiger charge is -2.35. The fourth-order valence-corrected chi connectivity index (χ4v) is 3.16. The van der Waals surface area contributed by atoms with E-state index in [1.54, 1.807) is 6.33 Å². The minimum absolute atomic E-state index is 0.626. The average Bonchev–Trinajstić information content (AvgIpc) is 2.47. The van der Waals surface area contributed by atoms with E-state index >= 15 is 0 Å². The third-order valence-electron chi connectivity index (χ3n) is 4.57. The van der Waals surface area contributed by atoms with Gasteiger partial charge >= 0.3 is 0 Å². The number of nitrogens with one attached hydrogen (secondary N) is 1. The van der Waals surface area contributed by atoms with E-state index < -0.39 is 0 Å². The molecule has 0 bridgehead atoms. The van der Waals surface area contributed by atoms with Crippen molar-refractivity contribution in [3.05, 3.63) is 11.9 Å². The zero-order chi connectivity index (χ0) is 13.8. The Hall–Kier alpha value is -1.32. The van der Waals surface area contributed by atoms with E-state index in [2.05, 4.69) is 41.1 Å². The van der Waals surface area contributed by atoms with Crippen molar-refractivity contribution >= 4 is 11.6 Å². The van der Waals surface area contributed by atoms with E-state index in [1.807, 2.05) is 7.05 Å². The van der Waals surface area contributed by atoms with Gasteiger partial charge in [-0.2, -0.15) is 0 Å². The summed E-state index contributed by atoms with van der Waals surface area (Å²) >= 11 is 0. The Labute approximate surface area is 116 Å². The maximum atomic E-state index is 4.48. The summed E-state index contributed by atoms with van der Waals surface area (Å²) in [5.41, 5.74) is 1.14. The predicted octanol–water partition coefficient (Wildman–Crippen LogP) is 3.23. The van der Waals surface area contributed by atoms with Gasteiger partial charge in [0.1, 0.15) is 18.0 Å². The van der Waals surface area contributed by atoms with Crippen LogP contribution in [0.5, 0.6) is 0 Å². The Morgan fingerprint density at radius 1 is 1.26 bits per heavy atom. The van der Waals surface area contributed by atoms with Gasteiger partial charge in [0.2, 0.25) is 0 Å². The summed E-state index contributed by atoms with van der Waals surface area (Å²) < 4.78 is 0. The van der Waals surface area contributed by atoms with Crippen LogP contribution >= 0.6 is 0 Å². The summed E-state index contributed by atoms with van der Waals surface area (Å²) in [6.07, 6.45) is 8.26. The molecule has 1 aliphatic rings. The molecule has 4 nitrogen and oxygen atoms in total. The maximum absolute atomic E-state index is 4.48. The Kier molecular flexibility index (Phi) is 4.61. The SMILES string of the molecule is CCC1CCC(N(C)c2ncnc(NC)c2C)CC1. The maximum Gasteiger partial charge on any atom is 0.137 e. The van der Waals surface area contributed by atoms with Crippen LogP contribution in [0.1, 0.15) is 44.6 Å². The molecule has 1 aromatic heterocycles. The van der Waals surface area contributed by atoms with Gasteiger partial charge in [-0.25, -0.2) is 9.97 Å². The molecule has 1 aromatic rings. The summed E-state index contributed by atoms with van der Waals surface area (Å²) in [5.74, 6) is 2.93. The third-order valence-corrected chi connectivity index (χ3v) is 4.57. The molecule has 0 amide bonds. The first kappa shape index (κ1) is 14.1. The van der Waals surface area contributed by atoms with Crippen molar-refractivity contribution < 1.29 is 0 Å². The van der Waals surface area contributed by atoms with Gasteiger partial charge in [0.15, 0.2) is 0 Å². The molecule has 0 aromatic carbocycles. The van der Waals surface area contributed by atoms with Crippen molar-refractivity contribution in [1.82, 2.24) is 9.97 Å². The largest absolute Gasteiger partial charge is 0.373 e. The smallest absolute Gasteiger partial charge is 0.137 e. The second-order valence-corrected chi connectivity index (χ2v) is 5.61. The van der Waals surface area contributed by atoms with Crippen molar-refractivity contribution in [1.29, 1.82) is 0 Å². The molecular weight excluding hydrogens is 236 g/mol. The number of aromatic nitrogens is 2. The van der Waals surface area contributed by atoms with Crippen molar-refractivity contribution in [2.45, 2.75) is 52.0 Å². The fraction of sp³-hybridized carbons (Fsp3) is 0.733. The fourth-order valence-electron chi connectivity index (χ4n) is 3.16. The Morgan fingerprint density at radius 2 is 1.95 bits per heavy atom. The molecule has 106 valence electrons. The predicted molar refractivity (Wildman–Crippen MR) is 80.8 cm³/mol. The van der Waals surface area contributed by atoms with Gasteiger partial charge in [0.25, 0.3) is 0 Å². The monoisotopic (exact) mass is 262 g/mol. The third kappa shape index (κ3) is 2.99. The van der Waals surface area contributed by atoms with Crippen molar-refractivity contribution in [3.8, 4) is 0 Å². The summed E-state index contributed by atoms with van der Waals surface area (Å²) in [6, 6.07) is 0.626. The Bertz CT molecular complexity index is 411. The van der Waals surface area contributed by atoms with Crippen LogP contribution in [0.25, 0.3) is 0 Å². The first-order valence-electron chi connectivity index (χ1n) is 7.39. The van der Waals surface area contributed by atoms with E-state index in [9.17, 15) is 0 Å². The van der Waals surface area contributed by atoms with Crippen molar-refractivity contribution in [2.75, 3.05) is 24.3 Å². The number of hydrogen-bond acceptors (Lipinski definition) is 4. The molecule has 1 fully saturated rings. The van der Waals surface area contributed by atoms with Crippen molar-refractivity contribution in [3.63, 3.8) is 0 Å². The van der Waals surface area contributed by atoms with E-state index in [4.69, 9.17) is 0 Å². The van der Waals surface area contributed by atoms with Crippen LogP contribution in [-0.4, -0.2) is 30.1 Å². The topological polar surface area (TPSA) is 41.1 Å². The molecule has 0 aliphatic heterocycles. The van der Waals surface area contributed by atoms with Crippen LogP contribution < -0.4 is 10.2 Å². The molecule has 0 saturated heterocycles. The quantitative estimate of drug-likeness (QED) is 0.904. The standard InChI is InChI=1S/C15H26N4/c1-5-12-6-8-13(9-7-12)19(4)15-11(2)14(16-3)17-10-18-15/h10,12-13H,5-9H2,1-4H3,(H,16,17,18). The van der Waals surface area contributed by atoms with Gasteiger partial charge in [-0.1, -0.05) is 13.3 Å². The number of hydrogen-bond donors (Lipinski definition) is 1. The van der Waals surface area contributed by atoms with Gasteiger partial charge in [-0.05, 0) is 38.5 Å². The van der Waals surface area contributed by atoms with Crippen molar-refractivity contribution in [2.24, 2.45) is 5.92 Å².